The third-order valence-corrected chi connectivity index (χ3v) is 3.81. The zero-order valence-corrected chi connectivity index (χ0v) is 13.8. The number of aromatic carboxylic acids is 2. The van der Waals surface area contributed by atoms with Gasteiger partial charge in [0.1, 0.15) is 0 Å². The molecule has 22 heavy (non-hydrogen) atoms. The molecule has 4 nitrogen and oxygen atoms in total. The fourth-order valence-electron chi connectivity index (χ4n) is 2.51. The molecular weight excluding hydrogens is 280 g/mol. The zero-order chi connectivity index (χ0) is 16.9. The van der Waals surface area contributed by atoms with Gasteiger partial charge in [-0.1, -0.05) is 33.8 Å². The van der Waals surface area contributed by atoms with Crippen LogP contribution in [0.15, 0.2) is 12.1 Å². The van der Waals surface area contributed by atoms with E-state index in [0.717, 1.165) is 18.4 Å². The summed E-state index contributed by atoms with van der Waals surface area (Å²) in [4.78, 5) is 23.1. The lowest BCUT2D eigenvalue weighted by molar-refractivity contribution is 0.0694. The van der Waals surface area contributed by atoms with Crippen LogP contribution in [-0.2, 0) is 12.8 Å². The molecule has 1 aromatic carbocycles. The minimum Gasteiger partial charge on any atom is -0.478 e. The molecule has 1 aromatic rings. The van der Waals surface area contributed by atoms with Gasteiger partial charge >= 0.3 is 11.9 Å². The molecule has 4 heteroatoms. The van der Waals surface area contributed by atoms with Crippen molar-refractivity contribution in [3.63, 3.8) is 0 Å². The second kappa shape index (κ2) is 7.97. The number of aryl methyl sites for hydroxylation is 1. The number of carboxylic acid groups (broad SMARTS) is 2. The van der Waals surface area contributed by atoms with Gasteiger partial charge in [0.25, 0.3) is 0 Å². The maximum Gasteiger partial charge on any atom is 0.336 e. The smallest absolute Gasteiger partial charge is 0.336 e. The van der Waals surface area contributed by atoms with Crippen LogP contribution in [0.1, 0.15) is 72.4 Å². The molecule has 0 unspecified atom stereocenters. The Labute approximate surface area is 132 Å². The number of carbonyl (C=O) groups is 2. The first kappa shape index (κ1) is 18.2. The summed E-state index contributed by atoms with van der Waals surface area (Å²) in [7, 11) is 0. The molecule has 0 amide bonds. The molecule has 0 spiro atoms. The number of hydrogen-bond donors (Lipinski definition) is 2. The molecule has 0 aliphatic rings. The van der Waals surface area contributed by atoms with Crippen molar-refractivity contribution in [3.8, 4) is 0 Å². The van der Waals surface area contributed by atoms with Crippen LogP contribution in [0.4, 0.5) is 0 Å². The molecule has 1 rings (SSSR count). The Balaban J connectivity index is 3.33. The molecule has 0 bridgehead atoms. The molecule has 0 atom stereocenters. The Morgan fingerprint density at radius 3 is 1.91 bits per heavy atom. The normalized spacial score (nSPS) is 11.2. The summed E-state index contributed by atoms with van der Waals surface area (Å²) in [6.45, 7) is 8.27. The first-order valence-corrected chi connectivity index (χ1v) is 7.85. The fraction of sp³-hybridized carbons (Fsp3) is 0.556. The average molecular weight is 306 g/mol. The van der Waals surface area contributed by atoms with Crippen LogP contribution in [0.25, 0.3) is 0 Å². The maximum absolute atomic E-state index is 11.7. The fourth-order valence-corrected chi connectivity index (χ4v) is 2.51. The van der Waals surface area contributed by atoms with Crippen LogP contribution in [-0.4, -0.2) is 22.2 Å². The quantitative estimate of drug-likeness (QED) is 0.752. The largest absolute Gasteiger partial charge is 0.478 e. The third-order valence-electron chi connectivity index (χ3n) is 3.81. The van der Waals surface area contributed by atoms with Gasteiger partial charge in [-0.3, -0.25) is 0 Å². The highest BCUT2D eigenvalue weighted by molar-refractivity contribution is 5.97. The van der Waals surface area contributed by atoms with Crippen LogP contribution >= 0.6 is 0 Å². The summed E-state index contributed by atoms with van der Waals surface area (Å²) >= 11 is 0. The predicted molar refractivity (Wildman–Crippen MR) is 86.7 cm³/mol. The maximum atomic E-state index is 11.7. The molecule has 2 N–H and O–H groups in total. The Bertz CT molecular complexity index is 544. The van der Waals surface area contributed by atoms with Crippen LogP contribution < -0.4 is 0 Å². The van der Waals surface area contributed by atoms with E-state index in [2.05, 4.69) is 13.8 Å². The highest BCUT2D eigenvalue weighted by Gasteiger charge is 2.22. The van der Waals surface area contributed by atoms with Gasteiger partial charge in [-0.05, 0) is 54.7 Å². The number of benzene rings is 1. The molecule has 122 valence electrons. The first-order chi connectivity index (χ1) is 10.2. The molecule has 0 aromatic heterocycles. The standard InChI is InChI=1S/C18H26O4/c1-11(2)5-7-13-8-10-15(17(19)20)14(9-6-12(3)4)16(13)18(21)22/h8,10-12H,5-7,9H2,1-4H3,(H,19,20)(H,21,22). The van der Waals surface area contributed by atoms with Crippen molar-refractivity contribution in [2.24, 2.45) is 11.8 Å². The third kappa shape index (κ3) is 4.86. The number of rotatable bonds is 8. The van der Waals surface area contributed by atoms with Gasteiger partial charge in [0, 0.05) is 0 Å². The van der Waals surface area contributed by atoms with E-state index < -0.39 is 11.9 Å². The van der Waals surface area contributed by atoms with Gasteiger partial charge in [0.05, 0.1) is 11.1 Å². The van der Waals surface area contributed by atoms with E-state index in [0.29, 0.717) is 30.2 Å². The summed E-state index contributed by atoms with van der Waals surface area (Å²) < 4.78 is 0. The summed E-state index contributed by atoms with van der Waals surface area (Å²) in [6, 6.07) is 3.22. The lowest BCUT2D eigenvalue weighted by atomic mass is 9.88. The predicted octanol–water partition coefficient (Wildman–Crippen LogP) is 4.26. The van der Waals surface area contributed by atoms with E-state index in [1.54, 1.807) is 12.1 Å². The van der Waals surface area contributed by atoms with E-state index in [4.69, 9.17) is 0 Å². The highest BCUT2D eigenvalue weighted by atomic mass is 16.4. The molecule has 0 fully saturated rings. The van der Waals surface area contributed by atoms with Crippen LogP contribution in [0, 0.1) is 11.8 Å². The first-order valence-electron chi connectivity index (χ1n) is 7.85. The van der Waals surface area contributed by atoms with Gasteiger partial charge in [0.2, 0.25) is 0 Å². The topological polar surface area (TPSA) is 74.6 Å². The minimum atomic E-state index is -1.06. The van der Waals surface area contributed by atoms with E-state index in [1.807, 2.05) is 13.8 Å². The van der Waals surface area contributed by atoms with E-state index in [-0.39, 0.29) is 11.1 Å². The summed E-state index contributed by atoms with van der Waals surface area (Å²) in [5.41, 5.74) is 1.52. The number of hydrogen-bond acceptors (Lipinski definition) is 2. The van der Waals surface area contributed by atoms with Crippen LogP contribution in [0.2, 0.25) is 0 Å². The van der Waals surface area contributed by atoms with Crippen molar-refractivity contribution in [3.05, 3.63) is 34.4 Å². The van der Waals surface area contributed by atoms with Crippen molar-refractivity contribution in [2.45, 2.75) is 53.4 Å². The molecule has 0 aliphatic heterocycles. The van der Waals surface area contributed by atoms with Gasteiger partial charge in [0.15, 0.2) is 0 Å². The van der Waals surface area contributed by atoms with Gasteiger partial charge in [-0.25, -0.2) is 9.59 Å². The SMILES string of the molecule is CC(C)CCc1ccc(C(=O)O)c(CCC(C)C)c1C(=O)O. The van der Waals surface area contributed by atoms with Gasteiger partial charge in [-0.2, -0.15) is 0 Å². The molecule has 0 heterocycles. The minimum absolute atomic E-state index is 0.117. The Hall–Kier alpha value is -1.84. The Morgan fingerprint density at radius 2 is 1.45 bits per heavy atom. The highest BCUT2D eigenvalue weighted by Crippen LogP contribution is 2.25. The van der Waals surface area contributed by atoms with E-state index in [9.17, 15) is 19.8 Å². The monoisotopic (exact) mass is 306 g/mol. The Kier molecular flexibility index (Phi) is 6.60. The van der Waals surface area contributed by atoms with Crippen molar-refractivity contribution in [2.75, 3.05) is 0 Å². The van der Waals surface area contributed by atoms with Crippen LogP contribution in [0.5, 0.6) is 0 Å². The van der Waals surface area contributed by atoms with Gasteiger partial charge in [-0.15, -0.1) is 0 Å². The number of carboxylic acids is 2. The van der Waals surface area contributed by atoms with Crippen molar-refractivity contribution in [1.29, 1.82) is 0 Å². The van der Waals surface area contributed by atoms with Crippen molar-refractivity contribution in [1.82, 2.24) is 0 Å². The van der Waals surface area contributed by atoms with Crippen molar-refractivity contribution >= 4 is 11.9 Å². The lowest BCUT2D eigenvalue weighted by Gasteiger charge is -2.16. The van der Waals surface area contributed by atoms with E-state index in [1.165, 1.54) is 0 Å². The average Bonchev–Trinajstić information content (AvgIpc) is 2.41. The summed E-state index contributed by atoms with van der Waals surface area (Å²) in [6.07, 6.45) is 2.80. The second-order valence-corrected chi connectivity index (χ2v) is 6.60. The molecule has 0 radical (unpaired) electrons. The zero-order valence-electron chi connectivity index (χ0n) is 13.8. The summed E-state index contributed by atoms with van der Waals surface area (Å²) in [5, 5.41) is 18.9. The van der Waals surface area contributed by atoms with Crippen molar-refractivity contribution < 1.29 is 19.8 Å². The molecule has 0 saturated heterocycles. The molecular formula is C18H26O4. The molecule has 0 aliphatic carbocycles. The summed E-state index contributed by atoms with van der Waals surface area (Å²) in [5.74, 6) is -1.22. The van der Waals surface area contributed by atoms with Crippen LogP contribution in [0.3, 0.4) is 0 Å². The lowest BCUT2D eigenvalue weighted by Crippen LogP contribution is -2.14. The van der Waals surface area contributed by atoms with E-state index >= 15 is 0 Å². The Morgan fingerprint density at radius 1 is 0.909 bits per heavy atom. The van der Waals surface area contributed by atoms with Gasteiger partial charge < -0.3 is 10.2 Å². The molecule has 0 saturated carbocycles. The second-order valence-electron chi connectivity index (χ2n) is 6.60.